The van der Waals surface area contributed by atoms with Crippen molar-refractivity contribution in [3.63, 3.8) is 0 Å². The maximum absolute atomic E-state index is 12.4. The highest BCUT2D eigenvalue weighted by Crippen LogP contribution is 2.33. The van der Waals surface area contributed by atoms with Crippen molar-refractivity contribution in [2.24, 2.45) is 0 Å². The number of thiazole rings is 1. The number of aryl methyl sites for hydroxylation is 1. The highest BCUT2D eigenvalue weighted by atomic mass is 32.1. The zero-order valence-electron chi connectivity index (χ0n) is 18.1. The van der Waals surface area contributed by atoms with E-state index in [4.69, 9.17) is 9.47 Å². The molecular formula is C23H27N5O3S. The van der Waals surface area contributed by atoms with E-state index in [9.17, 15) is 4.79 Å². The van der Waals surface area contributed by atoms with Gasteiger partial charge in [-0.25, -0.2) is 9.97 Å². The normalized spacial score (nSPS) is 21.5. The summed E-state index contributed by atoms with van der Waals surface area (Å²) in [6, 6.07) is 4.32. The summed E-state index contributed by atoms with van der Waals surface area (Å²) in [5.41, 5.74) is 3.60. The molecule has 3 heterocycles. The van der Waals surface area contributed by atoms with Crippen LogP contribution in [0.25, 0.3) is 11.0 Å². The van der Waals surface area contributed by atoms with Gasteiger partial charge in [0, 0.05) is 54.4 Å². The van der Waals surface area contributed by atoms with E-state index in [0.717, 1.165) is 80.2 Å². The molecule has 0 atom stereocenters. The first-order valence-electron chi connectivity index (χ1n) is 11.1. The van der Waals surface area contributed by atoms with Crippen molar-refractivity contribution < 1.29 is 14.3 Å². The van der Waals surface area contributed by atoms with E-state index in [2.05, 4.69) is 37.3 Å². The van der Waals surface area contributed by atoms with Gasteiger partial charge in [-0.05, 0) is 38.7 Å². The molecule has 2 aliphatic rings. The summed E-state index contributed by atoms with van der Waals surface area (Å²) in [5, 5.41) is 5.56. The lowest BCUT2D eigenvalue weighted by Gasteiger charge is -2.31. The minimum absolute atomic E-state index is 0.0769. The first kappa shape index (κ1) is 21.1. The summed E-state index contributed by atoms with van der Waals surface area (Å²) >= 11 is 1.39. The number of rotatable bonds is 5. The van der Waals surface area contributed by atoms with Gasteiger partial charge in [0.2, 0.25) is 0 Å². The predicted octanol–water partition coefficient (Wildman–Crippen LogP) is 3.35. The van der Waals surface area contributed by atoms with E-state index in [1.54, 1.807) is 12.4 Å². The fraction of sp³-hybridized carbons (Fsp3) is 0.478. The molecule has 1 saturated carbocycles. The zero-order valence-corrected chi connectivity index (χ0v) is 18.9. The van der Waals surface area contributed by atoms with E-state index >= 15 is 0 Å². The van der Waals surface area contributed by atoms with Crippen LogP contribution in [0.4, 0.5) is 5.69 Å². The van der Waals surface area contributed by atoms with Crippen LogP contribution in [0.5, 0.6) is 5.75 Å². The fourth-order valence-electron chi connectivity index (χ4n) is 4.33. The van der Waals surface area contributed by atoms with Gasteiger partial charge in [-0.1, -0.05) is 0 Å². The van der Waals surface area contributed by atoms with Gasteiger partial charge >= 0.3 is 0 Å². The molecule has 2 aromatic heterocycles. The Labute approximate surface area is 191 Å². The molecule has 9 heteroatoms. The van der Waals surface area contributed by atoms with Crippen LogP contribution < -0.4 is 15.0 Å². The largest absolute Gasteiger partial charge is 0.488 e. The molecule has 1 aliphatic heterocycles. The Morgan fingerprint density at radius 2 is 1.94 bits per heavy atom. The summed E-state index contributed by atoms with van der Waals surface area (Å²) in [7, 11) is 0. The Bertz CT molecular complexity index is 1090. The number of nitrogens with zero attached hydrogens (tertiary/aromatic N) is 4. The van der Waals surface area contributed by atoms with E-state index in [0.29, 0.717) is 5.01 Å². The van der Waals surface area contributed by atoms with Gasteiger partial charge in [-0.3, -0.25) is 9.78 Å². The Morgan fingerprint density at radius 1 is 1.16 bits per heavy atom. The molecule has 0 unspecified atom stereocenters. The molecule has 1 saturated heterocycles. The van der Waals surface area contributed by atoms with Crippen LogP contribution in [0.3, 0.4) is 0 Å². The van der Waals surface area contributed by atoms with E-state index < -0.39 is 0 Å². The van der Waals surface area contributed by atoms with Crippen LogP contribution in [0, 0.1) is 6.92 Å². The van der Waals surface area contributed by atoms with Crippen LogP contribution >= 0.6 is 11.3 Å². The van der Waals surface area contributed by atoms with Crippen molar-refractivity contribution in [2.45, 2.75) is 44.8 Å². The summed E-state index contributed by atoms with van der Waals surface area (Å²) < 4.78 is 12.0. The molecule has 1 aliphatic carbocycles. The lowest BCUT2D eigenvalue weighted by atomic mass is 9.93. The number of anilines is 1. The second-order valence-corrected chi connectivity index (χ2v) is 9.18. The Kier molecular flexibility index (Phi) is 6.18. The number of ether oxygens (including phenoxy) is 2. The summed E-state index contributed by atoms with van der Waals surface area (Å²) in [4.78, 5) is 28.0. The highest BCUT2D eigenvalue weighted by molar-refractivity contribution is 7.11. The SMILES string of the molecule is Cc1csc(C(=O)NC2CCC(Oc3cc(N4CCOCC4)cc4nccnc34)CC2)n1. The molecule has 1 N–H and O–H groups in total. The van der Waals surface area contributed by atoms with E-state index in [1.807, 2.05) is 12.3 Å². The van der Waals surface area contributed by atoms with Crippen molar-refractivity contribution in [2.75, 3.05) is 31.2 Å². The first-order valence-corrected chi connectivity index (χ1v) is 12.0. The van der Waals surface area contributed by atoms with Gasteiger partial charge < -0.3 is 19.7 Å². The molecule has 32 heavy (non-hydrogen) atoms. The monoisotopic (exact) mass is 453 g/mol. The second kappa shape index (κ2) is 9.38. The van der Waals surface area contributed by atoms with Gasteiger partial charge in [0.1, 0.15) is 11.3 Å². The molecule has 1 aromatic carbocycles. The fourth-order valence-corrected chi connectivity index (χ4v) is 5.03. The van der Waals surface area contributed by atoms with Crippen molar-refractivity contribution >= 4 is 34.0 Å². The number of benzene rings is 1. The number of aromatic nitrogens is 3. The van der Waals surface area contributed by atoms with Gasteiger partial charge in [0.25, 0.3) is 5.91 Å². The van der Waals surface area contributed by atoms with Crippen molar-refractivity contribution in [1.29, 1.82) is 0 Å². The lowest BCUT2D eigenvalue weighted by Crippen LogP contribution is -2.39. The van der Waals surface area contributed by atoms with Gasteiger partial charge in [-0.2, -0.15) is 0 Å². The Hall–Kier alpha value is -2.78. The van der Waals surface area contributed by atoms with Crippen LogP contribution in [0.1, 0.15) is 41.2 Å². The number of morpholine rings is 1. The van der Waals surface area contributed by atoms with Crippen molar-refractivity contribution in [1.82, 2.24) is 20.3 Å². The molecule has 8 nitrogen and oxygen atoms in total. The Balaban J connectivity index is 1.25. The van der Waals surface area contributed by atoms with Crippen LogP contribution in [0.2, 0.25) is 0 Å². The van der Waals surface area contributed by atoms with Crippen LogP contribution in [0.15, 0.2) is 29.9 Å². The molecule has 5 rings (SSSR count). The third-order valence-corrected chi connectivity index (χ3v) is 6.97. The predicted molar refractivity (Wildman–Crippen MR) is 124 cm³/mol. The molecule has 0 bridgehead atoms. The molecule has 1 amide bonds. The van der Waals surface area contributed by atoms with Gasteiger partial charge in [-0.15, -0.1) is 11.3 Å². The van der Waals surface area contributed by atoms with Gasteiger partial charge in [0.15, 0.2) is 5.01 Å². The zero-order chi connectivity index (χ0) is 21.9. The van der Waals surface area contributed by atoms with Gasteiger partial charge in [0.05, 0.1) is 24.8 Å². The highest BCUT2D eigenvalue weighted by Gasteiger charge is 2.26. The van der Waals surface area contributed by atoms with Crippen molar-refractivity contribution in [3.8, 4) is 5.75 Å². The first-order chi connectivity index (χ1) is 15.7. The minimum atomic E-state index is -0.0769. The standard InChI is InChI=1S/C23H27N5O3S/c1-15-14-32-23(26-15)22(29)27-16-2-4-18(5-3-16)31-20-13-17(28-8-10-30-11-9-28)12-19-21(20)25-7-6-24-19/h6-7,12-14,16,18H,2-5,8-11H2,1H3,(H,27,29). The quantitative estimate of drug-likeness (QED) is 0.634. The molecule has 0 spiro atoms. The number of amides is 1. The number of hydrogen-bond acceptors (Lipinski definition) is 8. The molecular weight excluding hydrogens is 426 g/mol. The number of carbonyl (C=O) groups excluding carboxylic acids is 1. The van der Waals surface area contributed by atoms with Crippen molar-refractivity contribution in [3.05, 3.63) is 40.6 Å². The third kappa shape index (κ3) is 4.68. The molecule has 168 valence electrons. The Morgan fingerprint density at radius 3 is 2.69 bits per heavy atom. The van der Waals surface area contributed by atoms with Crippen LogP contribution in [-0.2, 0) is 4.74 Å². The van der Waals surface area contributed by atoms with E-state index in [-0.39, 0.29) is 18.1 Å². The maximum Gasteiger partial charge on any atom is 0.280 e. The number of carbonyl (C=O) groups is 1. The van der Waals surface area contributed by atoms with Crippen LogP contribution in [-0.4, -0.2) is 59.3 Å². The summed E-state index contributed by atoms with van der Waals surface area (Å²) in [6.07, 6.45) is 7.04. The topological polar surface area (TPSA) is 89.5 Å². The molecule has 2 fully saturated rings. The number of nitrogens with one attached hydrogen (secondary N) is 1. The lowest BCUT2D eigenvalue weighted by molar-refractivity contribution is 0.0894. The summed E-state index contributed by atoms with van der Waals surface area (Å²) in [6.45, 7) is 5.07. The number of fused-ring (bicyclic) bond motifs is 1. The third-order valence-electron chi connectivity index (χ3n) is 6.02. The second-order valence-electron chi connectivity index (χ2n) is 8.33. The minimum Gasteiger partial charge on any atom is -0.488 e. The molecule has 0 radical (unpaired) electrons. The smallest absolute Gasteiger partial charge is 0.280 e. The number of hydrogen-bond donors (Lipinski definition) is 1. The average Bonchev–Trinajstić information content (AvgIpc) is 3.27. The van der Waals surface area contributed by atoms with E-state index in [1.165, 1.54) is 11.3 Å². The molecule has 3 aromatic rings. The maximum atomic E-state index is 12.4. The average molecular weight is 454 g/mol. The summed E-state index contributed by atoms with van der Waals surface area (Å²) in [5.74, 6) is 0.704.